The van der Waals surface area contributed by atoms with Crippen molar-refractivity contribution in [3.8, 4) is 0 Å². The number of hydrogen-bond donors (Lipinski definition) is 2. The van der Waals surface area contributed by atoms with E-state index < -0.39 is 17.9 Å². The third kappa shape index (κ3) is 3.25. The smallest absolute Gasteiger partial charge is 0.305 e. The maximum absolute atomic E-state index is 13.6. The first-order chi connectivity index (χ1) is 14.4. The molecular formula is C21H19N4O5-. The number of carbonyl (C=O) groups is 2. The number of hydrogen-bond acceptors (Lipinski definition) is 6. The molecule has 2 aromatic carbocycles. The van der Waals surface area contributed by atoms with Gasteiger partial charge in [0.25, 0.3) is 5.91 Å². The number of aliphatic carboxylic acids is 1. The lowest BCUT2D eigenvalue weighted by Gasteiger charge is -2.30. The Morgan fingerprint density at radius 1 is 1.03 bits per heavy atom. The van der Waals surface area contributed by atoms with E-state index in [4.69, 9.17) is 5.21 Å². The van der Waals surface area contributed by atoms with Gasteiger partial charge in [-0.05, 0) is 48.5 Å². The molecule has 0 bridgehead atoms. The monoisotopic (exact) mass is 407 g/mol. The van der Waals surface area contributed by atoms with Crippen molar-refractivity contribution in [2.24, 2.45) is 0 Å². The van der Waals surface area contributed by atoms with E-state index >= 15 is 0 Å². The average molecular weight is 407 g/mol. The van der Waals surface area contributed by atoms with E-state index in [2.05, 4.69) is 0 Å². The molecule has 30 heavy (non-hydrogen) atoms. The molecule has 3 aromatic rings. The first-order valence-corrected chi connectivity index (χ1v) is 9.20. The predicted molar refractivity (Wildman–Crippen MR) is 111 cm³/mol. The van der Waals surface area contributed by atoms with Crippen molar-refractivity contribution >= 4 is 28.9 Å². The van der Waals surface area contributed by atoms with Gasteiger partial charge in [0.1, 0.15) is 0 Å². The van der Waals surface area contributed by atoms with Gasteiger partial charge < -0.3 is 15.5 Å². The third-order valence-electron chi connectivity index (χ3n) is 5.15. The highest BCUT2D eigenvalue weighted by molar-refractivity contribution is 6.09. The van der Waals surface area contributed by atoms with Crippen molar-refractivity contribution in [1.29, 1.82) is 0 Å². The van der Waals surface area contributed by atoms with Gasteiger partial charge in [-0.1, -0.05) is 12.1 Å². The van der Waals surface area contributed by atoms with Crippen LogP contribution in [-0.4, -0.2) is 33.9 Å². The second-order valence-corrected chi connectivity index (χ2v) is 6.90. The molecule has 2 N–H and O–H groups in total. The third-order valence-corrected chi connectivity index (χ3v) is 5.15. The number of anilines is 3. The molecule has 9 nitrogen and oxygen atoms in total. The summed E-state index contributed by atoms with van der Waals surface area (Å²) in [5.41, 5.74) is 2.19. The summed E-state index contributed by atoms with van der Waals surface area (Å²) in [6.45, 7) is 0. The van der Waals surface area contributed by atoms with Gasteiger partial charge in [0.05, 0.1) is 35.2 Å². The first kappa shape index (κ1) is 19.5. The number of para-hydroxylation sites is 2. The fourth-order valence-electron chi connectivity index (χ4n) is 3.76. The molecule has 0 aliphatic carbocycles. The van der Waals surface area contributed by atoms with Gasteiger partial charge in [-0.25, -0.2) is 0 Å². The summed E-state index contributed by atoms with van der Waals surface area (Å²) in [6.07, 6.45) is 1.52. The van der Waals surface area contributed by atoms with Crippen LogP contribution in [0.2, 0.25) is 0 Å². The molecule has 1 unspecified atom stereocenters. The number of nitrogens with zero attached hydrogens (tertiary/aromatic N) is 4. The van der Waals surface area contributed by atoms with Crippen LogP contribution in [-0.2, 0) is 4.79 Å². The maximum Gasteiger partial charge on any atom is 0.305 e. The van der Waals surface area contributed by atoms with Crippen molar-refractivity contribution < 1.29 is 19.9 Å². The zero-order chi connectivity index (χ0) is 21.4. The Labute approximate surface area is 172 Å². The minimum atomic E-state index is -1.04. The first-order valence-electron chi connectivity index (χ1n) is 9.20. The van der Waals surface area contributed by atoms with E-state index in [1.54, 1.807) is 24.3 Å². The minimum Gasteiger partial charge on any atom is -0.733 e. The van der Waals surface area contributed by atoms with Crippen LogP contribution < -0.4 is 15.1 Å². The molecule has 9 heteroatoms. The standard InChI is InChI=1S/C21H19N4O5/c1-22-16-5-2-3-6-18(16)24(19(13-20(26)27)17-7-4-12-23(17)22)21(28)14-8-10-15(11-9-14)25(29)30/h2-12,19,29H,13H2,1H3,(H,26,27)/q-1. The second-order valence-electron chi connectivity index (χ2n) is 6.90. The van der Waals surface area contributed by atoms with E-state index in [1.165, 1.54) is 29.2 Å². The number of carbonyl (C=O) groups excluding carboxylic acids is 1. The number of benzene rings is 2. The Hall–Kier alpha value is -3.82. The highest BCUT2D eigenvalue weighted by Crippen LogP contribution is 2.41. The van der Waals surface area contributed by atoms with Gasteiger partial charge in [-0.15, -0.1) is 0 Å². The second kappa shape index (κ2) is 7.54. The van der Waals surface area contributed by atoms with Crippen LogP contribution in [0.5, 0.6) is 0 Å². The Bertz CT molecular complexity index is 1090. The predicted octanol–water partition coefficient (Wildman–Crippen LogP) is 3.26. The molecule has 0 spiro atoms. The largest absolute Gasteiger partial charge is 0.733 e. The van der Waals surface area contributed by atoms with Gasteiger partial charge in [0.15, 0.2) is 0 Å². The number of amides is 1. The highest BCUT2D eigenvalue weighted by atomic mass is 16.8. The van der Waals surface area contributed by atoms with E-state index in [0.717, 1.165) is 5.69 Å². The topological polar surface area (TPSA) is 112 Å². The van der Waals surface area contributed by atoms with Crippen molar-refractivity contribution in [2.75, 3.05) is 22.2 Å². The molecule has 1 aliphatic rings. The fraction of sp³-hybridized carbons (Fsp3) is 0.143. The number of carboxylic acids is 1. The van der Waals surface area contributed by atoms with Crippen molar-refractivity contribution in [1.82, 2.24) is 4.68 Å². The molecular weight excluding hydrogens is 388 g/mol. The Morgan fingerprint density at radius 3 is 2.33 bits per heavy atom. The summed E-state index contributed by atoms with van der Waals surface area (Å²) >= 11 is 0. The van der Waals surface area contributed by atoms with Crippen LogP contribution in [0.25, 0.3) is 0 Å². The molecule has 0 radical (unpaired) electrons. The van der Waals surface area contributed by atoms with Gasteiger partial charge in [0, 0.05) is 18.8 Å². The lowest BCUT2D eigenvalue weighted by atomic mass is 10.0. The van der Waals surface area contributed by atoms with Crippen LogP contribution in [0.1, 0.15) is 28.5 Å². The van der Waals surface area contributed by atoms with Crippen LogP contribution >= 0.6 is 0 Å². The van der Waals surface area contributed by atoms with Gasteiger partial charge in [-0.3, -0.25) is 29.4 Å². The molecule has 0 fully saturated rings. The number of carboxylic acid groups (broad SMARTS) is 1. The minimum absolute atomic E-state index is 0.0153. The molecule has 4 rings (SSSR count). The lowest BCUT2D eigenvalue weighted by Crippen LogP contribution is -2.36. The van der Waals surface area contributed by atoms with E-state index in [0.29, 0.717) is 11.4 Å². The van der Waals surface area contributed by atoms with Crippen molar-refractivity contribution in [2.45, 2.75) is 12.5 Å². The highest BCUT2D eigenvalue weighted by Gasteiger charge is 2.36. The normalized spacial score (nSPS) is 15.2. The molecule has 0 saturated carbocycles. The maximum atomic E-state index is 13.6. The zero-order valence-electron chi connectivity index (χ0n) is 16.0. The average Bonchev–Trinajstić information content (AvgIpc) is 3.19. The van der Waals surface area contributed by atoms with Crippen LogP contribution in [0.4, 0.5) is 17.1 Å². The summed E-state index contributed by atoms with van der Waals surface area (Å²) in [4.78, 5) is 26.8. The molecule has 154 valence electrons. The Balaban J connectivity index is 1.88. The van der Waals surface area contributed by atoms with Crippen molar-refractivity contribution in [3.63, 3.8) is 0 Å². The Morgan fingerprint density at radius 2 is 1.70 bits per heavy atom. The quantitative estimate of drug-likeness (QED) is 0.638. The molecule has 1 amide bonds. The van der Waals surface area contributed by atoms with Crippen LogP contribution in [0.3, 0.4) is 0 Å². The van der Waals surface area contributed by atoms with E-state index in [1.807, 2.05) is 35.1 Å². The number of fused-ring (bicyclic) bond motifs is 2. The molecule has 0 saturated heterocycles. The van der Waals surface area contributed by atoms with Gasteiger partial charge in [-0.2, -0.15) is 0 Å². The van der Waals surface area contributed by atoms with Crippen LogP contribution in [0, 0.1) is 5.21 Å². The number of aromatic nitrogens is 1. The lowest BCUT2D eigenvalue weighted by molar-refractivity contribution is -0.137. The molecule has 1 aliphatic heterocycles. The molecule has 2 heterocycles. The summed E-state index contributed by atoms with van der Waals surface area (Å²) in [5.74, 6) is -1.45. The van der Waals surface area contributed by atoms with Crippen LogP contribution in [0.15, 0.2) is 66.9 Å². The molecule has 1 atom stereocenters. The summed E-state index contributed by atoms with van der Waals surface area (Å²) in [5, 5.41) is 31.2. The van der Waals surface area contributed by atoms with Gasteiger partial charge >= 0.3 is 5.97 Å². The van der Waals surface area contributed by atoms with E-state index in [-0.39, 0.29) is 22.9 Å². The summed E-state index contributed by atoms with van der Waals surface area (Å²) < 4.78 is 1.82. The summed E-state index contributed by atoms with van der Waals surface area (Å²) in [6, 6.07) is 15.6. The summed E-state index contributed by atoms with van der Waals surface area (Å²) in [7, 11) is 1.84. The fourth-order valence-corrected chi connectivity index (χ4v) is 3.76. The van der Waals surface area contributed by atoms with Crippen molar-refractivity contribution in [3.05, 3.63) is 83.3 Å². The van der Waals surface area contributed by atoms with Gasteiger partial charge in [0.2, 0.25) is 0 Å². The van der Waals surface area contributed by atoms with E-state index in [9.17, 15) is 19.9 Å². The SMILES string of the molecule is CN1c2ccccc2N(C(=O)c2ccc(N([O-])O)cc2)C(CC(=O)O)c2cccn21. The zero-order valence-corrected chi connectivity index (χ0v) is 16.0. The Kier molecular flexibility index (Phi) is 4.90. The molecule has 1 aromatic heterocycles. The number of rotatable bonds is 4.